The molecule has 38 heavy (non-hydrogen) atoms. The molecule has 2 fully saturated rings. The summed E-state index contributed by atoms with van der Waals surface area (Å²) in [5, 5.41) is 9.16. The van der Waals surface area contributed by atoms with E-state index < -0.39 is 17.4 Å². The van der Waals surface area contributed by atoms with Gasteiger partial charge in [-0.15, -0.1) is 0 Å². The number of carbonyl (C=O) groups is 1. The lowest BCUT2D eigenvalue weighted by Crippen LogP contribution is -2.52. The van der Waals surface area contributed by atoms with Crippen molar-refractivity contribution in [1.29, 1.82) is 0 Å². The van der Waals surface area contributed by atoms with Crippen LogP contribution in [-0.4, -0.2) is 52.9 Å². The molecule has 1 atom stereocenters. The van der Waals surface area contributed by atoms with Crippen LogP contribution >= 0.6 is 0 Å². The molecule has 4 rings (SSSR count). The lowest BCUT2D eigenvalue weighted by molar-refractivity contribution is 0.143. The quantitative estimate of drug-likeness (QED) is 0.211. The fourth-order valence-corrected chi connectivity index (χ4v) is 5.75. The van der Waals surface area contributed by atoms with Gasteiger partial charge in [-0.1, -0.05) is 64.7 Å². The molecular formula is C30H44FN3O4. The molecule has 7 nitrogen and oxygen atoms in total. The van der Waals surface area contributed by atoms with Crippen LogP contribution in [-0.2, 0) is 0 Å². The standard InChI is InChI=1S/C30H44FN3O4/c1-3-4-5-6-7-8-9-10-11-12-15-32-16-17-33(20-22(32)2)27-19-26-24(18-25(27)31)29(35)28(38-30(36)37)21-34(26)23-13-14-23/h18-19,21-23H,3-17,20H2,1-2H3,(H,36,37). The Morgan fingerprint density at radius 2 is 1.68 bits per heavy atom. The Morgan fingerprint density at radius 3 is 2.29 bits per heavy atom. The zero-order chi connectivity index (χ0) is 27.1. The van der Waals surface area contributed by atoms with Crippen LogP contribution in [0.3, 0.4) is 0 Å². The van der Waals surface area contributed by atoms with E-state index in [-0.39, 0.29) is 17.2 Å². The van der Waals surface area contributed by atoms with E-state index in [9.17, 15) is 9.59 Å². The Balaban J connectivity index is 1.33. The van der Waals surface area contributed by atoms with Crippen LogP contribution < -0.4 is 15.1 Å². The van der Waals surface area contributed by atoms with Crippen LogP contribution in [0.1, 0.15) is 96.9 Å². The number of rotatable bonds is 14. The van der Waals surface area contributed by atoms with Crippen molar-refractivity contribution >= 4 is 22.7 Å². The lowest BCUT2D eigenvalue weighted by Gasteiger charge is -2.41. The molecule has 1 saturated heterocycles. The number of hydrogen-bond donors (Lipinski definition) is 1. The van der Waals surface area contributed by atoms with Gasteiger partial charge >= 0.3 is 6.16 Å². The van der Waals surface area contributed by atoms with Crippen molar-refractivity contribution in [1.82, 2.24) is 9.47 Å². The third-order valence-corrected chi connectivity index (χ3v) is 8.11. The first-order valence-electron chi connectivity index (χ1n) is 14.7. The minimum Gasteiger partial charge on any atom is -0.449 e. The van der Waals surface area contributed by atoms with Crippen molar-refractivity contribution in [3.05, 3.63) is 34.4 Å². The molecule has 1 aromatic heterocycles. The second-order valence-corrected chi connectivity index (χ2v) is 11.2. The lowest BCUT2D eigenvalue weighted by atomic mass is 10.1. The van der Waals surface area contributed by atoms with Crippen molar-refractivity contribution in [3.63, 3.8) is 0 Å². The van der Waals surface area contributed by atoms with Gasteiger partial charge < -0.3 is 19.3 Å². The fraction of sp³-hybridized carbons (Fsp3) is 0.667. The topological polar surface area (TPSA) is 75.0 Å². The Labute approximate surface area is 225 Å². The smallest absolute Gasteiger partial charge is 0.449 e. The minimum absolute atomic E-state index is 0.157. The molecule has 210 valence electrons. The van der Waals surface area contributed by atoms with E-state index in [0.29, 0.717) is 17.2 Å². The van der Waals surface area contributed by atoms with Crippen LogP contribution in [0, 0.1) is 5.82 Å². The number of halogens is 1. The maximum absolute atomic E-state index is 15.3. The number of fused-ring (bicyclic) bond motifs is 1. The fourth-order valence-electron chi connectivity index (χ4n) is 5.75. The SMILES string of the molecule is CCCCCCCCCCCCN1CCN(c2cc3c(cc2F)c(=O)c(OC(=O)O)cn3C2CC2)CC1C. The first kappa shape index (κ1) is 28.4. The molecule has 2 aromatic rings. The van der Waals surface area contributed by atoms with Gasteiger partial charge in [0, 0.05) is 31.7 Å². The van der Waals surface area contributed by atoms with E-state index in [1.54, 1.807) is 6.07 Å². The first-order valence-corrected chi connectivity index (χ1v) is 14.7. The normalized spacial score (nSPS) is 18.3. The number of ether oxygens (including phenoxy) is 1. The van der Waals surface area contributed by atoms with Gasteiger partial charge in [0.1, 0.15) is 5.82 Å². The molecule has 2 heterocycles. The van der Waals surface area contributed by atoms with Crippen molar-refractivity contribution < 1.29 is 19.0 Å². The molecule has 0 radical (unpaired) electrons. The third kappa shape index (κ3) is 7.28. The summed E-state index contributed by atoms with van der Waals surface area (Å²) in [5.74, 6) is -0.738. The number of piperazine rings is 1. The number of aromatic nitrogens is 1. The summed E-state index contributed by atoms with van der Waals surface area (Å²) in [5.41, 5.74) is 0.537. The number of pyridine rings is 1. The molecule has 0 bridgehead atoms. The summed E-state index contributed by atoms with van der Waals surface area (Å²) >= 11 is 0. The van der Waals surface area contributed by atoms with Gasteiger partial charge in [-0.25, -0.2) is 9.18 Å². The largest absolute Gasteiger partial charge is 0.511 e. The zero-order valence-electron chi connectivity index (χ0n) is 23.1. The van der Waals surface area contributed by atoms with Gasteiger partial charge in [-0.05, 0) is 44.9 Å². The Kier molecular flexibility index (Phi) is 10.1. The highest BCUT2D eigenvalue weighted by atomic mass is 19.1. The number of hydrogen-bond acceptors (Lipinski definition) is 5. The van der Waals surface area contributed by atoms with Gasteiger partial charge in [0.25, 0.3) is 0 Å². The molecule has 0 spiro atoms. The zero-order valence-corrected chi connectivity index (χ0v) is 23.1. The molecule has 1 aromatic carbocycles. The van der Waals surface area contributed by atoms with E-state index in [1.807, 2.05) is 4.57 Å². The Hall–Kier alpha value is -2.61. The monoisotopic (exact) mass is 529 g/mol. The van der Waals surface area contributed by atoms with Gasteiger partial charge in [0.05, 0.1) is 22.8 Å². The summed E-state index contributed by atoms with van der Waals surface area (Å²) in [4.78, 5) is 28.5. The van der Waals surface area contributed by atoms with Gasteiger partial charge in [0.15, 0.2) is 5.75 Å². The highest BCUT2D eigenvalue weighted by Gasteiger charge is 2.29. The highest BCUT2D eigenvalue weighted by Crippen LogP contribution is 2.39. The molecule has 1 saturated carbocycles. The number of benzene rings is 1. The minimum atomic E-state index is -1.55. The summed E-state index contributed by atoms with van der Waals surface area (Å²) in [6.07, 6.45) is 15.1. The molecular weight excluding hydrogens is 485 g/mol. The van der Waals surface area contributed by atoms with Crippen molar-refractivity contribution in [2.24, 2.45) is 0 Å². The Bertz CT molecular complexity index is 1150. The highest BCUT2D eigenvalue weighted by molar-refractivity contribution is 5.85. The predicted octanol–water partition coefficient (Wildman–Crippen LogP) is 6.96. The third-order valence-electron chi connectivity index (χ3n) is 8.11. The second-order valence-electron chi connectivity index (χ2n) is 11.2. The van der Waals surface area contributed by atoms with Crippen molar-refractivity contribution in [2.45, 2.75) is 103 Å². The van der Waals surface area contributed by atoms with Gasteiger partial charge in [0.2, 0.25) is 5.43 Å². The van der Waals surface area contributed by atoms with Crippen LogP contribution in [0.25, 0.3) is 10.9 Å². The number of anilines is 1. The van der Waals surface area contributed by atoms with Gasteiger partial charge in [-0.3, -0.25) is 9.69 Å². The Morgan fingerprint density at radius 1 is 1.03 bits per heavy atom. The summed E-state index contributed by atoms with van der Waals surface area (Å²) in [6, 6.07) is 3.50. The van der Waals surface area contributed by atoms with Crippen molar-refractivity contribution in [3.8, 4) is 5.75 Å². The molecule has 1 N–H and O–H groups in total. The van der Waals surface area contributed by atoms with E-state index in [4.69, 9.17) is 9.84 Å². The van der Waals surface area contributed by atoms with Crippen molar-refractivity contribution in [2.75, 3.05) is 31.1 Å². The second kappa shape index (κ2) is 13.5. The maximum Gasteiger partial charge on any atom is 0.511 e. The summed E-state index contributed by atoms with van der Waals surface area (Å²) in [7, 11) is 0. The van der Waals surface area contributed by atoms with E-state index in [0.717, 1.165) is 39.0 Å². The molecule has 8 heteroatoms. The first-order chi connectivity index (χ1) is 18.4. The molecule has 2 aliphatic rings. The van der Waals surface area contributed by atoms with Crippen LogP contribution in [0.15, 0.2) is 23.1 Å². The maximum atomic E-state index is 15.3. The molecule has 1 unspecified atom stereocenters. The summed E-state index contributed by atoms with van der Waals surface area (Å²) in [6.45, 7) is 7.90. The average Bonchev–Trinajstić information content (AvgIpc) is 3.73. The average molecular weight is 530 g/mol. The van der Waals surface area contributed by atoms with Crippen LogP contribution in [0.5, 0.6) is 5.75 Å². The van der Waals surface area contributed by atoms with E-state index in [2.05, 4.69) is 23.6 Å². The molecule has 1 aliphatic carbocycles. The number of nitrogens with zero attached hydrogens (tertiary/aromatic N) is 3. The van der Waals surface area contributed by atoms with E-state index in [1.165, 1.54) is 76.5 Å². The van der Waals surface area contributed by atoms with Crippen LogP contribution in [0.4, 0.5) is 14.9 Å². The summed E-state index contributed by atoms with van der Waals surface area (Å²) < 4.78 is 21.9. The number of carboxylic acid groups (broad SMARTS) is 1. The predicted molar refractivity (Wildman–Crippen MR) is 150 cm³/mol. The molecule has 1 aliphatic heterocycles. The van der Waals surface area contributed by atoms with Gasteiger partial charge in [-0.2, -0.15) is 0 Å². The molecule has 0 amide bonds. The van der Waals surface area contributed by atoms with E-state index >= 15 is 4.39 Å². The number of unbranched alkanes of at least 4 members (excludes halogenated alkanes) is 9. The van der Waals surface area contributed by atoms with Crippen LogP contribution in [0.2, 0.25) is 0 Å².